The maximum absolute atomic E-state index is 12.2. The number of nitrogens with one attached hydrogen (secondary N) is 1. The molecule has 0 radical (unpaired) electrons. The third-order valence-corrected chi connectivity index (χ3v) is 4.69. The summed E-state index contributed by atoms with van der Waals surface area (Å²) >= 11 is 0. The largest absolute Gasteiger partial charge is 0.481 e. The maximum atomic E-state index is 12.2. The smallest absolute Gasteiger partial charge is 0.317 e. The second kappa shape index (κ2) is 7.50. The van der Waals surface area contributed by atoms with Crippen LogP contribution in [0.5, 0.6) is 0 Å². The van der Waals surface area contributed by atoms with E-state index >= 15 is 0 Å². The summed E-state index contributed by atoms with van der Waals surface area (Å²) in [5.41, 5.74) is -0.838. The van der Waals surface area contributed by atoms with Crippen LogP contribution in [0.3, 0.4) is 0 Å². The quantitative estimate of drug-likeness (QED) is 0.815. The number of carbonyl (C=O) groups excluding carboxylic acids is 1. The summed E-state index contributed by atoms with van der Waals surface area (Å²) < 4.78 is 0. The second-order valence-corrected chi connectivity index (χ2v) is 5.97. The monoisotopic (exact) mass is 284 g/mol. The van der Waals surface area contributed by atoms with E-state index in [0.29, 0.717) is 18.8 Å². The van der Waals surface area contributed by atoms with Gasteiger partial charge in [-0.25, -0.2) is 4.79 Å². The molecule has 0 saturated carbocycles. The normalized spacial score (nSPS) is 20.4. The molecule has 1 unspecified atom stereocenters. The summed E-state index contributed by atoms with van der Waals surface area (Å²) in [4.78, 5) is 25.4. The summed E-state index contributed by atoms with van der Waals surface area (Å²) in [6.07, 6.45) is 4.26. The lowest BCUT2D eigenvalue weighted by atomic mass is 9.82. The molecule has 1 fully saturated rings. The van der Waals surface area contributed by atoms with Crippen LogP contribution in [0.15, 0.2) is 0 Å². The zero-order valence-corrected chi connectivity index (χ0v) is 12.9. The van der Waals surface area contributed by atoms with Crippen molar-refractivity contribution in [2.75, 3.05) is 19.6 Å². The molecule has 20 heavy (non-hydrogen) atoms. The number of carboxylic acids is 1. The lowest BCUT2D eigenvalue weighted by Gasteiger charge is -2.29. The topological polar surface area (TPSA) is 69.6 Å². The number of hydrogen-bond donors (Lipinski definition) is 2. The van der Waals surface area contributed by atoms with Crippen LogP contribution in [-0.4, -0.2) is 41.6 Å². The standard InChI is InChI=1S/C15H28N2O3/c1-4-15(5-2,13(18)19)11-16-14(20)17-9-6-7-12(3)8-10-17/h12H,4-11H2,1-3H3,(H,16,20)(H,18,19). The fourth-order valence-corrected chi connectivity index (χ4v) is 2.70. The molecule has 5 nitrogen and oxygen atoms in total. The number of amides is 2. The Morgan fingerprint density at radius 3 is 2.45 bits per heavy atom. The molecule has 0 aromatic heterocycles. The number of hydrogen-bond acceptors (Lipinski definition) is 2. The third kappa shape index (κ3) is 4.12. The van der Waals surface area contributed by atoms with Gasteiger partial charge in [0.2, 0.25) is 0 Å². The summed E-state index contributed by atoms with van der Waals surface area (Å²) in [6, 6.07) is -0.119. The van der Waals surface area contributed by atoms with E-state index in [9.17, 15) is 14.7 Å². The average molecular weight is 284 g/mol. The molecule has 0 aromatic carbocycles. The lowest BCUT2D eigenvalue weighted by Crippen LogP contribution is -2.47. The first kappa shape index (κ1) is 16.8. The van der Waals surface area contributed by atoms with E-state index < -0.39 is 11.4 Å². The summed E-state index contributed by atoms with van der Waals surface area (Å²) in [7, 11) is 0. The fraction of sp³-hybridized carbons (Fsp3) is 0.867. The molecule has 1 atom stereocenters. The van der Waals surface area contributed by atoms with Crippen LogP contribution in [0.4, 0.5) is 4.79 Å². The number of urea groups is 1. The molecule has 0 bridgehead atoms. The van der Waals surface area contributed by atoms with E-state index in [-0.39, 0.29) is 12.6 Å². The van der Waals surface area contributed by atoms with Gasteiger partial charge < -0.3 is 15.3 Å². The van der Waals surface area contributed by atoms with Gasteiger partial charge in [0.25, 0.3) is 0 Å². The number of rotatable bonds is 5. The molecule has 1 aliphatic heterocycles. The van der Waals surface area contributed by atoms with Crippen molar-refractivity contribution in [3.8, 4) is 0 Å². The zero-order chi connectivity index (χ0) is 15.2. The van der Waals surface area contributed by atoms with Crippen LogP contribution in [-0.2, 0) is 4.79 Å². The molecule has 2 amide bonds. The first-order chi connectivity index (χ1) is 9.45. The average Bonchev–Trinajstić information content (AvgIpc) is 2.64. The van der Waals surface area contributed by atoms with Gasteiger partial charge in [-0.1, -0.05) is 20.8 Å². The molecule has 1 aliphatic rings. The predicted molar refractivity (Wildman–Crippen MR) is 78.6 cm³/mol. The van der Waals surface area contributed by atoms with Crippen molar-refractivity contribution >= 4 is 12.0 Å². The van der Waals surface area contributed by atoms with Crippen LogP contribution >= 0.6 is 0 Å². The number of carbonyl (C=O) groups is 2. The van der Waals surface area contributed by atoms with Crippen LogP contribution < -0.4 is 5.32 Å². The third-order valence-electron chi connectivity index (χ3n) is 4.69. The van der Waals surface area contributed by atoms with Crippen LogP contribution in [0, 0.1) is 11.3 Å². The number of aliphatic carboxylic acids is 1. The molecule has 2 N–H and O–H groups in total. The minimum atomic E-state index is -0.838. The van der Waals surface area contributed by atoms with E-state index in [2.05, 4.69) is 12.2 Å². The summed E-state index contributed by atoms with van der Waals surface area (Å²) in [5.74, 6) is -0.163. The first-order valence-corrected chi connectivity index (χ1v) is 7.71. The van der Waals surface area contributed by atoms with E-state index in [4.69, 9.17) is 0 Å². The first-order valence-electron chi connectivity index (χ1n) is 7.71. The number of carboxylic acid groups (broad SMARTS) is 1. The Balaban J connectivity index is 2.55. The van der Waals surface area contributed by atoms with Crippen molar-refractivity contribution in [3.63, 3.8) is 0 Å². The van der Waals surface area contributed by atoms with Crippen LogP contribution in [0.2, 0.25) is 0 Å². The van der Waals surface area contributed by atoms with Gasteiger partial charge in [0.05, 0.1) is 5.41 Å². The minimum absolute atomic E-state index is 0.119. The molecule has 116 valence electrons. The highest BCUT2D eigenvalue weighted by molar-refractivity contribution is 5.78. The van der Waals surface area contributed by atoms with Crippen molar-refractivity contribution in [3.05, 3.63) is 0 Å². The summed E-state index contributed by atoms with van der Waals surface area (Å²) in [5, 5.41) is 12.2. The summed E-state index contributed by atoms with van der Waals surface area (Å²) in [6.45, 7) is 7.68. The lowest BCUT2D eigenvalue weighted by molar-refractivity contribution is -0.149. The van der Waals surface area contributed by atoms with Gasteiger partial charge in [0.15, 0.2) is 0 Å². The van der Waals surface area contributed by atoms with Crippen molar-refractivity contribution < 1.29 is 14.7 Å². The van der Waals surface area contributed by atoms with Gasteiger partial charge in [-0.2, -0.15) is 0 Å². The molecule has 1 heterocycles. The molecule has 0 aromatic rings. The van der Waals surface area contributed by atoms with E-state index in [1.807, 2.05) is 18.7 Å². The van der Waals surface area contributed by atoms with E-state index in [0.717, 1.165) is 32.4 Å². The molecule has 1 rings (SSSR count). The molecule has 1 saturated heterocycles. The Hall–Kier alpha value is -1.26. The van der Waals surface area contributed by atoms with Crippen molar-refractivity contribution in [2.24, 2.45) is 11.3 Å². The van der Waals surface area contributed by atoms with Crippen LogP contribution in [0.25, 0.3) is 0 Å². The van der Waals surface area contributed by atoms with Gasteiger partial charge >= 0.3 is 12.0 Å². The van der Waals surface area contributed by atoms with Gasteiger partial charge in [-0.3, -0.25) is 4.79 Å². The second-order valence-electron chi connectivity index (χ2n) is 5.97. The Labute approximate surface area is 121 Å². The van der Waals surface area contributed by atoms with E-state index in [1.54, 1.807) is 0 Å². The molecule has 5 heteroatoms. The minimum Gasteiger partial charge on any atom is -0.481 e. The van der Waals surface area contributed by atoms with E-state index in [1.165, 1.54) is 0 Å². The van der Waals surface area contributed by atoms with Gasteiger partial charge in [0.1, 0.15) is 0 Å². The molecule has 0 aliphatic carbocycles. The van der Waals surface area contributed by atoms with Gasteiger partial charge in [-0.15, -0.1) is 0 Å². The van der Waals surface area contributed by atoms with Gasteiger partial charge in [-0.05, 0) is 38.0 Å². The highest BCUT2D eigenvalue weighted by Crippen LogP contribution is 2.26. The zero-order valence-electron chi connectivity index (χ0n) is 12.9. The van der Waals surface area contributed by atoms with Crippen molar-refractivity contribution in [1.82, 2.24) is 10.2 Å². The molecule has 0 spiro atoms. The number of nitrogens with zero attached hydrogens (tertiary/aromatic N) is 1. The van der Waals surface area contributed by atoms with Crippen molar-refractivity contribution in [1.29, 1.82) is 0 Å². The predicted octanol–water partition coefficient (Wildman–Crippen LogP) is 2.71. The highest BCUT2D eigenvalue weighted by atomic mass is 16.4. The Morgan fingerprint density at radius 1 is 1.25 bits per heavy atom. The SMILES string of the molecule is CCC(CC)(CNC(=O)N1CCCC(C)CC1)C(=O)O. The Kier molecular flexibility index (Phi) is 6.30. The number of likely N-dealkylation sites (tertiary alicyclic amines) is 1. The maximum Gasteiger partial charge on any atom is 0.317 e. The molecular formula is C15H28N2O3. The Bertz CT molecular complexity index is 340. The van der Waals surface area contributed by atoms with Gasteiger partial charge in [0, 0.05) is 19.6 Å². The molecular weight excluding hydrogens is 256 g/mol. The van der Waals surface area contributed by atoms with Crippen LogP contribution in [0.1, 0.15) is 52.9 Å². The Morgan fingerprint density at radius 2 is 1.90 bits per heavy atom. The highest BCUT2D eigenvalue weighted by Gasteiger charge is 2.35. The van der Waals surface area contributed by atoms with Crippen molar-refractivity contribution in [2.45, 2.75) is 52.9 Å². The fourth-order valence-electron chi connectivity index (χ4n) is 2.70.